The zero-order chi connectivity index (χ0) is 15.7. The van der Waals surface area contributed by atoms with Gasteiger partial charge in [0.05, 0.1) is 12.0 Å². The van der Waals surface area contributed by atoms with Crippen molar-refractivity contribution in [3.8, 4) is 17.2 Å². The van der Waals surface area contributed by atoms with Gasteiger partial charge in [-0.15, -0.1) is 0 Å². The van der Waals surface area contributed by atoms with E-state index < -0.39 is 5.97 Å². The summed E-state index contributed by atoms with van der Waals surface area (Å²) in [5.74, 6) is -0.814. The molecule has 0 radical (unpaired) electrons. The van der Waals surface area contributed by atoms with Crippen LogP contribution in [-0.4, -0.2) is 30.6 Å². The van der Waals surface area contributed by atoms with E-state index >= 15 is 0 Å². The minimum atomic E-state index is -1.13. The van der Waals surface area contributed by atoms with Crippen LogP contribution in [-0.2, 0) is 0 Å². The first-order chi connectivity index (χ1) is 10.6. The highest BCUT2D eigenvalue weighted by Crippen LogP contribution is 2.24. The molecule has 0 unspecified atom stereocenters. The molecule has 7 heteroatoms. The zero-order valence-corrected chi connectivity index (χ0v) is 11.6. The van der Waals surface area contributed by atoms with Gasteiger partial charge in [0, 0.05) is 11.8 Å². The number of imidazole rings is 1. The van der Waals surface area contributed by atoms with Crippen LogP contribution >= 0.6 is 0 Å². The number of carboxylic acids is 1. The topological polar surface area (TPSA) is 101 Å². The second-order valence-corrected chi connectivity index (χ2v) is 4.64. The van der Waals surface area contributed by atoms with E-state index in [-0.39, 0.29) is 11.3 Å². The molecule has 2 heterocycles. The van der Waals surface area contributed by atoms with Crippen molar-refractivity contribution in [2.75, 3.05) is 0 Å². The van der Waals surface area contributed by atoms with Crippen molar-refractivity contribution >= 4 is 5.97 Å². The highest BCUT2D eigenvalue weighted by molar-refractivity contribution is 5.88. The van der Waals surface area contributed by atoms with Crippen molar-refractivity contribution in [3.63, 3.8) is 0 Å². The number of H-pyrrole nitrogens is 1. The maximum atomic E-state index is 11.5. The molecular formula is C15H12N4O3. The Morgan fingerprint density at radius 1 is 1.27 bits per heavy atom. The molecule has 22 heavy (non-hydrogen) atoms. The van der Waals surface area contributed by atoms with Gasteiger partial charge in [-0.2, -0.15) is 0 Å². The van der Waals surface area contributed by atoms with Crippen molar-refractivity contribution < 1.29 is 9.90 Å². The third kappa shape index (κ3) is 2.28. The minimum Gasteiger partial charge on any atom is -0.476 e. The summed E-state index contributed by atoms with van der Waals surface area (Å²) < 4.78 is 1.67. The van der Waals surface area contributed by atoms with Crippen molar-refractivity contribution in [1.82, 2.24) is 19.5 Å². The van der Waals surface area contributed by atoms with Crippen molar-refractivity contribution in [2.24, 2.45) is 0 Å². The summed E-state index contributed by atoms with van der Waals surface area (Å²) in [6.45, 7) is 1.67. The normalized spacial score (nSPS) is 10.6. The Hall–Kier alpha value is -3.22. The number of nitrogens with zero attached hydrogens (tertiary/aromatic N) is 3. The molecule has 0 saturated heterocycles. The monoisotopic (exact) mass is 296 g/mol. The number of aromatic carboxylic acids is 1. The molecule has 1 aromatic carbocycles. The summed E-state index contributed by atoms with van der Waals surface area (Å²) in [5.41, 5.74) is 1.12. The van der Waals surface area contributed by atoms with E-state index in [1.807, 2.05) is 30.3 Å². The summed E-state index contributed by atoms with van der Waals surface area (Å²) in [7, 11) is 0. The van der Waals surface area contributed by atoms with Gasteiger partial charge in [0.25, 0.3) is 5.56 Å². The second kappa shape index (κ2) is 5.28. The SMILES string of the molecule is Cc1c(C(=O)O)nc(-c2cc(=O)[nH]cn2)n1-c1ccccc1. The van der Waals surface area contributed by atoms with Crippen LogP contribution < -0.4 is 5.56 Å². The van der Waals surface area contributed by atoms with Gasteiger partial charge in [0.2, 0.25) is 0 Å². The molecule has 0 aliphatic carbocycles. The molecule has 0 fully saturated rings. The van der Waals surface area contributed by atoms with Gasteiger partial charge in [-0.3, -0.25) is 9.36 Å². The smallest absolute Gasteiger partial charge is 0.356 e. The number of hydrogen-bond donors (Lipinski definition) is 2. The average molecular weight is 296 g/mol. The maximum absolute atomic E-state index is 11.5. The first-order valence-electron chi connectivity index (χ1n) is 6.51. The Balaban J connectivity index is 2.32. The van der Waals surface area contributed by atoms with Gasteiger partial charge >= 0.3 is 5.97 Å². The van der Waals surface area contributed by atoms with Crippen LogP contribution in [0.4, 0.5) is 0 Å². The number of aromatic nitrogens is 4. The van der Waals surface area contributed by atoms with E-state index in [4.69, 9.17) is 0 Å². The predicted molar refractivity (Wildman–Crippen MR) is 79.1 cm³/mol. The standard InChI is InChI=1S/C15H12N4O3/c1-9-13(15(21)22)18-14(11-7-12(20)17-8-16-11)19(9)10-5-3-2-4-6-10/h2-8H,1H3,(H,21,22)(H,16,17,20). The number of benzene rings is 1. The Labute approximate surface area is 124 Å². The molecule has 110 valence electrons. The lowest BCUT2D eigenvalue weighted by molar-refractivity contribution is 0.0690. The molecule has 0 amide bonds. The average Bonchev–Trinajstić information content (AvgIpc) is 2.86. The van der Waals surface area contributed by atoms with E-state index in [1.165, 1.54) is 12.4 Å². The molecule has 0 spiro atoms. The van der Waals surface area contributed by atoms with Crippen LogP contribution in [0.15, 0.2) is 47.5 Å². The zero-order valence-electron chi connectivity index (χ0n) is 11.6. The fourth-order valence-electron chi connectivity index (χ4n) is 2.26. The number of aromatic amines is 1. The Kier molecular flexibility index (Phi) is 3.30. The summed E-state index contributed by atoms with van der Waals surface area (Å²) in [6.07, 6.45) is 1.26. The number of carboxylic acid groups (broad SMARTS) is 1. The molecule has 2 aromatic heterocycles. The molecular weight excluding hydrogens is 284 g/mol. The first-order valence-corrected chi connectivity index (χ1v) is 6.51. The highest BCUT2D eigenvalue weighted by atomic mass is 16.4. The van der Waals surface area contributed by atoms with Gasteiger partial charge in [0.1, 0.15) is 5.69 Å². The molecule has 2 N–H and O–H groups in total. The van der Waals surface area contributed by atoms with Crippen LogP contribution in [0.1, 0.15) is 16.2 Å². The third-order valence-corrected chi connectivity index (χ3v) is 3.23. The molecule has 0 bridgehead atoms. The molecule has 7 nitrogen and oxygen atoms in total. The van der Waals surface area contributed by atoms with Gasteiger partial charge in [0.15, 0.2) is 11.5 Å². The largest absolute Gasteiger partial charge is 0.476 e. The van der Waals surface area contributed by atoms with E-state index in [0.29, 0.717) is 17.2 Å². The van der Waals surface area contributed by atoms with Gasteiger partial charge < -0.3 is 10.1 Å². The first kappa shape index (κ1) is 13.7. The second-order valence-electron chi connectivity index (χ2n) is 4.64. The maximum Gasteiger partial charge on any atom is 0.356 e. The van der Waals surface area contributed by atoms with Gasteiger partial charge in [-0.25, -0.2) is 14.8 Å². The fraction of sp³-hybridized carbons (Fsp3) is 0.0667. The van der Waals surface area contributed by atoms with E-state index in [0.717, 1.165) is 5.69 Å². The molecule has 0 saturated carbocycles. The summed E-state index contributed by atoms with van der Waals surface area (Å²) >= 11 is 0. The Morgan fingerprint density at radius 3 is 2.64 bits per heavy atom. The van der Waals surface area contributed by atoms with Crippen LogP contribution in [0.5, 0.6) is 0 Å². The van der Waals surface area contributed by atoms with Crippen LogP contribution in [0.3, 0.4) is 0 Å². The number of rotatable bonds is 3. The molecule has 0 aliphatic rings. The Bertz CT molecular complexity index is 897. The summed E-state index contributed by atoms with van der Waals surface area (Å²) in [4.78, 5) is 33.5. The quantitative estimate of drug-likeness (QED) is 0.765. The van der Waals surface area contributed by atoms with Gasteiger partial charge in [-0.05, 0) is 19.1 Å². The molecule has 3 rings (SSSR count). The summed E-state index contributed by atoms with van der Waals surface area (Å²) in [6, 6.07) is 10.5. The number of para-hydroxylation sites is 1. The lowest BCUT2D eigenvalue weighted by atomic mass is 10.2. The van der Waals surface area contributed by atoms with Crippen molar-refractivity contribution in [2.45, 2.75) is 6.92 Å². The molecule has 0 atom stereocenters. The van der Waals surface area contributed by atoms with Crippen LogP contribution in [0, 0.1) is 6.92 Å². The van der Waals surface area contributed by atoms with E-state index in [9.17, 15) is 14.7 Å². The summed E-state index contributed by atoms with van der Waals surface area (Å²) in [5, 5.41) is 9.29. The molecule has 0 aliphatic heterocycles. The minimum absolute atomic E-state index is 0.0686. The fourth-order valence-corrected chi connectivity index (χ4v) is 2.26. The van der Waals surface area contributed by atoms with E-state index in [2.05, 4.69) is 15.0 Å². The Morgan fingerprint density at radius 2 is 2.00 bits per heavy atom. The predicted octanol–water partition coefficient (Wildman–Crippen LogP) is 1.63. The highest BCUT2D eigenvalue weighted by Gasteiger charge is 2.21. The van der Waals surface area contributed by atoms with Crippen LogP contribution in [0.25, 0.3) is 17.2 Å². The number of hydrogen-bond acceptors (Lipinski definition) is 4. The van der Waals surface area contributed by atoms with Crippen molar-refractivity contribution in [3.05, 3.63) is 64.5 Å². The van der Waals surface area contributed by atoms with Crippen molar-refractivity contribution in [1.29, 1.82) is 0 Å². The lowest BCUT2D eigenvalue weighted by Crippen LogP contribution is -2.07. The number of nitrogens with one attached hydrogen (secondary N) is 1. The third-order valence-electron chi connectivity index (χ3n) is 3.23. The van der Waals surface area contributed by atoms with Crippen LogP contribution in [0.2, 0.25) is 0 Å². The van der Waals surface area contributed by atoms with Gasteiger partial charge in [-0.1, -0.05) is 18.2 Å². The number of carbonyl (C=O) groups is 1. The van der Waals surface area contributed by atoms with E-state index in [1.54, 1.807) is 11.5 Å². The molecule has 3 aromatic rings. The lowest BCUT2D eigenvalue weighted by Gasteiger charge is -2.09.